The zero-order valence-electron chi connectivity index (χ0n) is 12.2. The largest absolute Gasteiger partial charge is 0.497 e. The quantitative estimate of drug-likeness (QED) is 0.828. The SMILES string of the molecule is COc1ccc(C(C)C(=O)Nc2ncn(CC(=O)O)n2)cc1. The Balaban J connectivity index is 2.01. The highest BCUT2D eigenvalue weighted by molar-refractivity contribution is 5.94. The summed E-state index contributed by atoms with van der Waals surface area (Å²) in [6.45, 7) is 1.45. The number of hydrogen-bond donors (Lipinski definition) is 2. The Morgan fingerprint density at radius 3 is 2.64 bits per heavy atom. The van der Waals surface area contributed by atoms with Gasteiger partial charge >= 0.3 is 5.97 Å². The number of hydrogen-bond acceptors (Lipinski definition) is 5. The molecule has 8 nitrogen and oxygen atoms in total. The van der Waals surface area contributed by atoms with Crippen LogP contribution in [0.5, 0.6) is 5.75 Å². The number of amides is 1. The number of carboxylic acids is 1. The van der Waals surface area contributed by atoms with Crippen LogP contribution in [0.4, 0.5) is 5.95 Å². The van der Waals surface area contributed by atoms with Crippen LogP contribution in [0.1, 0.15) is 18.4 Å². The molecule has 0 aliphatic rings. The van der Waals surface area contributed by atoms with Gasteiger partial charge in [-0.2, -0.15) is 0 Å². The summed E-state index contributed by atoms with van der Waals surface area (Å²) in [4.78, 5) is 26.6. The van der Waals surface area contributed by atoms with Gasteiger partial charge in [0, 0.05) is 0 Å². The third-order valence-electron chi connectivity index (χ3n) is 3.08. The van der Waals surface area contributed by atoms with Crippen LogP contribution in [0, 0.1) is 0 Å². The summed E-state index contributed by atoms with van der Waals surface area (Å²) < 4.78 is 6.20. The van der Waals surface area contributed by atoms with Crippen molar-refractivity contribution < 1.29 is 19.4 Å². The molecule has 0 radical (unpaired) electrons. The smallest absolute Gasteiger partial charge is 0.325 e. The van der Waals surface area contributed by atoms with Crippen LogP contribution in [0.25, 0.3) is 0 Å². The molecule has 2 aromatic rings. The Hall–Kier alpha value is -2.90. The van der Waals surface area contributed by atoms with Gasteiger partial charge in [-0.15, -0.1) is 5.10 Å². The van der Waals surface area contributed by atoms with Crippen molar-refractivity contribution in [1.82, 2.24) is 14.8 Å². The van der Waals surface area contributed by atoms with Crippen LogP contribution >= 0.6 is 0 Å². The van der Waals surface area contributed by atoms with Crippen molar-refractivity contribution in [2.24, 2.45) is 0 Å². The van der Waals surface area contributed by atoms with E-state index in [1.54, 1.807) is 38.3 Å². The van der Waals surface area contributed by atoms with Crippen molar-refractivity contribution in [2.45, 2.75) is 19.4 Å². The maximum atomic E-state index is 12.2. The van der Waals surface area contributed by atoms with E-state index in [9.17, 15) is 9.59 Å². The third kappa shape index (κ3) is 3.81. The number of carbonyl (C=O) groups excluding carboxylic acids is 1. The Labute approximate surface area is 126 Å². The molecule has 2 rings (SSSR count). The average Bonchev–Trinajstić information content (AvgIpc) is 2.92. The molecule has 1 amide bonds. The van der Waals surface area contributed by atoms with Gasteiger partial charge in [0.15, 0.2) is 0 Å². The van der Waals surface area contributed by atoms with Crippen molar-refractivity contribution in [3.8, 4) is 5.75 Å². The first kappa shape index (κ1) is 15.5. The van der Waals surface area contributed by atoms with Gasteiger partial charge in [-0.25, -0.2) is 9.67 Å². The van der Waals surface area contributed by atoms with Crippen molar-refractivity contribution >= 4 is 17.8 Å². The number of carboxylic acid groups (broad SMARTS) is 1. The molecule has 1 unspecified atom stereocenters. The summed E-state index contributed by atoms with van der Waals surface area (Å²) in [5, 5.41) is 15.1. The van der Waals surface area contributed by atoms with E-state index in [1.165, 1.54) is 6.33 Å². The van der Waals surface area contributed by atoms with Crippen molar-refractivity contribution in [1.29, 1.82) is 0 Å². The zero-order valence-corrected chi connectivity index (χ0v) is 12.2. The van der Waals surface area contributed by atoms with Crippen LogP contribution in [0.2, 0.25) is 0 Å². The lowest BCUT2D eigenvalue weighted by atomic mass is 10.0. The monoisotopic (exact) mass is 304 g/mol. The van der Waals surface area contributed by atoms with Gasteiger partial charge < -0.3 is 9.84 Å². The molecule has 2 N–H and O–H groups in total. The number of rotatable bonds is 6. The molecule has 1 aromatic carbocycles. The van der Waals surface area contributed by atoms with Crippen LogP contribution < -0.4 is 10.1 Å². The number of nitrogens with zero attached hydrogens (tertiary/aromatic N) is 3. The molecule has 0 aliphatic heterocycles. The maximum Gasteiger partial charge on any atom is 0.325 e. The highest BCUT2D eigenvalue weighted by atomic mass is 16.5. The van der Waals surface area contributed by atoms with Crippen LogP contribution in [0.15, 0.2) is 30.6 Å². The summed E-state index contributed by atoms with van der Waals surface area (Å²) in [5.74, 6) is -0.929. The van der Waals surface area contributed by atoms with E-state index in [4.69, 9.17) is 9.84 Å². The number of anilines is 1. The molecule has 0 saturated heterocycles. The van der Waals surface area contributed by atoms with Crippen LogP contribution in [-0.4, -0.2) is 38.9 Å². The topological polar surface area (TPSA) is 106 Å². The lowest BCUT2D eigenvalue weighted by molar-refractivity contribution is -0.137. The molecule has 8 heteroatoms. The average molecular weight is 304 g/mol. The minimum atomic E-state index is -1.03. The van der Waals surface area contributed by atoms with Crippen LogP contribution in [-0.2, 0) is 16.1 Å². The number of benzene rings is 1. The minimum absolute atomic E-state index is 0.0756. The Kier molecular flexibility index (Phi) is 4.72. The molecular weight excluding hydrogens is 288 g/mol. The van der Waals surface area contributed by atoms with Gasteiger partial charge in [0.25, 0.3) is 0 Å². The van der Waals surface area contributed by atoms with E-state index in [1.807, 2.05) is 0 Å². The molecular formula is C14H16N4O4. The van der Waals surface area contributed by atoms with Gasteiger partial charge in [-0.05, 0) is 24.6 Å². The lowest BCUT2D eigenvalue weighted by Gasteiger charge is -2.11. The molecule has 0 saturated carbocycles. The van der Waals surface area contributed by atoms with Crippen molar-refractivity contribution in [3.63, 3.8) is 0 Å². The first-order valence-electron chi connectivity index (χ1n) is 6.55. The first-order chi connectivity index (χ1) is 10.5. The fourth-order valence-electron chi connectivity index (χ4n) is 1.83. The molecule has 1 atom stereocenters. The molecule has 1 aromatic heterocycles. The molecule has 1 heterocycles. The van der Waals surface area contributed by atoms with Gasteiger partial charge in [-0.3, -0.25) is 14.9 Å². The number of carbonyl (C=O) groups is 2. The summed E-state index contributed by atoms with van der Waals surface area (Å²) in [5.41, 5.74) is 0.822. The third-order valence-corrected chi connectivity index (χ3v) is 3.08. The Morgan fingerprint density at radius 1 is 1.36 bits per heavy atom. The molecule has 0 bridgehead atoms. The minimum Gasteiger partial charge on any atom is -0.497 e. The van der Waals surface area contributed by atoms with E-state index >= 15 is 0 Å². The highest BCUT2D eigenvalue weighted by Crippen LogP contribution is 2.20. The lowest BCUT2D eigenvalue weighted by Crippen LogP contribution is -2.20. The number of aliphatic carboxylic acids is 1. The van der Waals surface area contributed by atoms with E-state index < -0.39 is 11.9 Å². The molecule has 0 aliphatic carbocycles. The van der Waals surface area contributed by atoms with Crippen molar-refractivity contribution in [3.05, 3.63) is 36.2 Å². The van der Waals surface area contributed by atoms with Gasteiger partial charge in [-0.1, -0.05) is 12.1 Å². The number of nitrogens with one attached hydrogen (secondary N) is 1. The molecule has 0 fully saturated rings. The van der Waals surface area contributed by atoms with Crippen molar-refractivity contribution in [2.75, 3.05) is 12.4 Å². The summed E-state index contributed by atoms with van der Waals surface area (Å²) in [7, 11) is 1.57. The van der Waals surface area contributed by atoms with Gasteiger partial charge in [0.2, 0.25) is 11.9 Å². The fourth-order valence-corrected chi connectivity index (χ4v) is 1.83. The predicted octanol–water partition coefficient (Wildman–Crippen LogP) is 1.11. The first-order valence-corrected chi connectivity index (χ1v) is 6.55. The summed E-state index contributed by atoms with van der Waals surface area (Å²) in [6.07, 6.45) is 1.25. The zero-order chi connectivity index (χ0) is 16.1. The summed E-state index contributed by atoms with van der Waals surface area (Å²) in [6, 6.07) is 7.16. The predicted molar refractivity (Wildman–Crippen MR) is 77.7 cm³/mol. The van der Waals surface area contributed by atoms with E-state index in [0.29, 0.717) is 5.75 Å². The Morgan fingerprint density at radius 2 is 2.05 bits per heavy atom. The van der Waals surface area contributed by atoms with Crippen LogP contribution in [0.3, 0.4) is 0 Å². The fraction of sp³-hybridized carbons (Fsp3) is 0.286. The molecule has 116 valence electrons. The standard InChI is InChI=1S/C14H16N4O4/c1-9(10-3-5-11(22-2)6-4-10)13(21)16-14-15-8-18(17-14)7-12(19)20/h3-6,8-9H,7H2,1-2H3,(H,19,20)(H,16,17,21). The van der Waals surface area contributed by atoms with Gasteiger partial charge in [0.05, 0.1) is 13.0 Å². The number of methoxy groups -OCH3 is 1. The van der Waals surface area contributed by atoms with Gasteiger partial charge in [0.1, 0.15) is 18.6 Å². The second-order valence-corrected chi connectivity index (χ2v) is 4.64. The number of aromatic nitrogens is 3. The molecule has 22 heavy (non-hydrogen) atoms. The maximum absolute atomic E-state index is 12.2. The number of ether oxygens (including phenoxy) is 1. The second-order valence-electron chi connectivity index (χ2n) is 4.64. The molecule has 0 spiro atoms. The van der Waals surface area contributed by atoms with E-state index in [0.717, 1.165) is 10.2 Å². The summed E-state index contributed by atoms with van der Waals surface area (Å²) >= 11 is 0. The highest BCUT2D eigenvalue weighted by Gasteiger charge is 2.17. The van der Waals surface area contributed by atoms with E-state index in [2.05, 4.69) is 15.4 Å². The van der Waals surface area contributed by atoms with E-state index in [-0.39, 0.29) is 18.4 Å². The normalized spacial score (nSPS) is 11.7. The second kappa shape index (κ2) is 6.70. The Bertz CT molecular complexity index is 666.